The maximum absolute atomic E-state index is 12.6. The van der Waals surface area contributed by atoms with Gasteiger partial charge in [-0.05, 0) is 55.2 Å². The average molecular weight is 374 g/mol. The number of pyridine rings is 1. The highest BCUT2D eigenvalue weighted by Gasteiger charge is 2.30. The van der Waals surface area contributed by atoms with E-state index in [9.17, 15) is 9.00 Å². The molecule has 0 radical (unpaired) electrons. The largest absolute Gasteiger partial charge is 0.354 e. The zero-order valence-electron chi connectivity index (χ0n) is 14.9. The van der Waals surface area contributed by atoms with Crippen LogP contribution < -0.4 is 10.5 Å². The highest BCUT2D eigenvalue weighted by molar-refractivity contribution is 7.91. The molecule has 0 saturated heterocycles. The SMILES string of the molecule is C[C@@H]1CCc2c1nc1c(c2NC(=O)N=[S@@](N)(=O)c2ccn(C)n2)CCC1. The second-order valence-electron chi connectivity index (χ2n) is 6.99. The maximum atomic E-state index is 12.6. The fourth-order valence-electron chi connectivity index (χ4n) is 3.80. The Balaban J connectivity index is 1.70. The summed E-state index contributed by atoms with van der Waals surface area (Å²) in [5.74, 6) is 0.385. The van der Waals surface area contributed by atoms with Crippen molar-refractivity contribution in [3.05, 3.63) is 34.8 Å². The first-order valence-corrected chi connectivity index (χ1v) is 10.3. The van der Waals surface area contributed by atoms with E-state index in [1.807, 2.05) is 0 Å². The summed E-state index contributed by atoms with van der Waals surface area (Å²) < 4.78 is 17.8. The number of hydrogen-bond donors (Lipinski definition) is 2. The minimum Gasteiger partial charge on any atom is -0.305 e. The van der Waals surface area contributed by atoms with Gasteiger partial charge in [0.2, 0.25) is 0 Å². The van der Waals surface area contributed by atoms with Crippen LogP contribution >= 0.6 is 0 Å². The van der Waals surface area contributed by atoms with Crippen LogP contribution in [0.5, 0.6) is 0 Å². The van der Waals surface area contributed by atoms with Crippen LogP contribution in [0.4, 0.5) is 10.5 Å². The molecule has 2 aliphatic carbocycles. The molecule has 0 unspecified atom stereocenters. The molecule has 4 rings (SSSR count). The molecule has 3 N–H and O–H groups in total. The Bertz CT molecular complexity index is 1020. The lowest BCUT2D eigenvalue weighted by Crippen LogP contribution is -2.19. The summed E-state index contributed by atoms with van der Waals surface area (Å²) in [6, 6.07) is 0.799. The second-order valence-corrected chi connectivity index (χ2v) is 8.72. The van der Waals surface area contributed by atoms with Crippen molar-refractivity contribution in [3.63, 3.8) is 0 Å². The molecule has 2 heterocycles. The first-order valence-electron chi connectivity index (χ1n) is 8.75. The molecule has 0 aliphatic heterocycles. The van der Waals surface area contributed by atoms with Gasteiger partial charge in [-0.3, -0.25) is 9.67 Å². The molecule has 2 aliphatic rings. The van der Waals surface area contributed by atoms with Crippen LogP contribution in [0.15, 0.2) is 21.7 Å². The van der Waals surface area contributed by atoms with Gasteiger partial charge in [-0.2, -0.15) is 5.10 Å². The lowest BCUT2D eigenvalue weighted by molar-refractivity contribution is 0.260. The minimum atomic E-state index is -3.38. The molecule has 138 valence electrons. The van der Waals surface area contributed by atoms with Crippen molar-refractivity contribution >= 4 is 21.6 Å². The Labute approximate surface area is 152 Å². The van der Waals surface area contributed by atoms with Crippen LogP contribution in [0.2, 0.25) is 0 Å². The number of aromatic nitrogens is 3. The number of rotatable bonds is 2. The van der Waals surface area contributed by atoms with Crippen LogP contribution in [0.1, 0.15) is 48.2 Å². The molecule has 0 spiro atoms. The molecular weight excluding hydrogens is 352 g/mol. The summed E-state index contributed by atoms with van der Waals surface area (Å²) in [7, 11) is -1.70. The number of amides is 2. The van der Waals surface area contributed by atoms with E-state index in [2.05, 4.69) is 21.7 Å². The molecule has 2 aromatic rings. The van der Waals surface area contributed by atoms with Gasteiger partial charge >= 0.3 is 6.03 Å². The van der Waals surface area contributed by atoms with Crippen molar-refractivity contribution in [2.75, 3.05) is 5.32 Å². The number of nitrogens with one attached hydrogen (secondary N) is 1. The third kappa shape index (κ3) is 2.90. The monoisotopic (exact) mass is 374 g/mol. The Morgan fingerprint density at radius 1 is 1.38 bits per heavy atom. The Hall–Kier alpha value is -2.26. The highest BCUT2D eigenvalue weighted by Crippen LogP contribution is 2.41. The highest BCUT2D eigenvalue weighted by atomic mass is 32.2. The van der Waals surface area contributed by atoms with E-state index in [-0.39, 0.29) is 5.03 Å². The van der Waals surface area contributed by atoms with Gasteiger partial charge in [-0.25, -0.2) is 14.1 Å². The van der Waals surface area contributed by atoms with Gasteiger partial charge in [0, 0.05) is 24.6 Å². The van der Waals surface area contributed by atoms with Crippen LogP contribution in [0.3, 0.4) is 0 Å². The fourth-order valence-corrected chi connectivity index (χ4v) is 4.69. The van der Waals surface area contributed by atoms with E-state index in [1.165, 1.54) is 10.7 Å². The van der Waals surface area contributed by atoms with Crippen LogP contribution in [0, 0.1) is 0 Å². The lowest BCUT2D eigenvalue weighted by Gasteiger charge is -2.15. The predicted molar refractivity (Wildman–Crippen MR) is 98.2 cm³/mol. The number of nitrogens with two attached hydrogens (primary N) is 1. The van der Waals surface area contributed by atoms with Gasteiger partial charge in [0.25, 0.3) is 0 Å². The number of anilines is 1. The van der Waals surface area contributed by atoms with Gasteiger partial charge in [-0.15, -0.1) is 4.36 Å². The average Bonchev–Trinajstić information content (AvgIpc) is 3.28. The van der Waals surface area contributed by atoms with Crippen LogP contribution in [-0.4, -0.2) is 25.0 Å². The van der Waals surface area contributed by atoms with Gasteiger partial charge < -0.3 is 5.32 Å². The molecule has 0 bridgehead atoms. The molecule has 26 heavy (non-hydrogen) atoms. The summed E-state index contributed by atoms with van der Waals surface area (Å²) in [5, 5.41) is 12.7. The number of nitrogens with zero attached hydrogens (tertiary/aromatic N) is 4. The molecular formula is C17H22N6O2S. The third-order valence-corrected chi connectivity index (χ3v) is 6.34. The van der Waals surface area contributed by atoms with Gasteiger partial charge in [0.15, 0.2) is 14.9 Å². The maximum Gasteiger partial charge on any atom is 0.354 e. The second kappa shape index (κ2) is 6.17. The van der Waals surface area contributed by atoms with E-state index < -0.39 is 15.9 Å². The normalized spacial score (nSPS) is 20.3. The predicted octanol–water partition coefficient (Wildman–Crippen LogP) is 2.29. The van der Waals surface area contributed by atoms with E-state index in [1.54, 1.807) is 13.2 Å². The Kier molecular flexibility index (Phi) is 4.07. The van der Waals surface area contributed by atoms with Gasteiger partial charge in [-0.1, -0.05) is 6.92 Å². The lowest BCUT2D eigenvalue weighted by atomic mass is 10.0. The quantitative estimate of drug-likeness (QED) is 0.839. The molecule has 2 aromatic heterocycles. The molecule has 0 saturated carbocycles. The van der Waals surface area contributed by atoms with Crippen molar-refractivity contribution in [2.24, 2.45) is 16.5 Å². The Morgan fingerprint density at radius 2 is 2.19 bits per heavy atom. The number of aryl methyl sites for hydroxylation is 2. The van der Waals surface area contributed by atoms with Crippen LogP contribution in [0.25, 0.3) is 0 Å². The molecule has 2 amide bonds. The summed E-state index contributed by atoms with van der Waals surface area (Å²) in [6.45, 7) is 2.16. The minimum absolute atomic E-state index is 0.0916. The summed E-state index contributed by atoms with van der Waals surface area (Å²) >= 11 is 0. The van der Waals surface area contributed by atoms with E-state index in [0.29, 0.717) is 5.92 Å². The van der Waals surface area contributed by atoms with Crippen molar-refractivity contribution in [1.29, 1.82) is 0 Å². The topological polar surface area (TPSA) is 115 Å². The summed E-state index contributed by atoms with van der Waals surface area (Å²) in [5.41, 5.74) is 5.10. The smallest absolute Gasteiger partial charge is 0.305 e. The number of fused-ring (bicyclic) bond motifs is 2. The molecule has 2 atom stereocenters. The number of urea groups is 1. The van der Waals surface area contributed by atoms with Gasteiger partial charge in [0.1, 0.15) is 0 Å². The standard InChI is InChI=1S/C17H22N6O2S/c1-10-6-7-12-15(10)19-13-5-3-4-11(13)16(12)20-17(24)22-26(18,25)14-8-9-23(2)21-14/h8-10H,3-7H2,1-2H3,(H3,18,19,20,22,24,25)/t10-,26-/m1/s1. The van der Waals surface area contributed by atoms with Crippen molar-refractivity contribution in [3.8, 4) is 0 Å². The summed E-state index contributed by atoms with van der Waals surface area (Å²) in [4.78, 5) is 17.3. The van der Waals surface area contributed by atoms with Crippen molar-refractivity contribution in [2.45, 2.75) is 50.0 Å². The van der Waals surface area contributed by atoms with E-state index in [0.717, 1.165) is 60.3 Å². The number of carbonyl (C=O) groups excluding carboxylic acids is 1. The third-order valence-electron chi connectivity index (χ3n) is 5.09. The van der Waals surface area contributed by atoms with Crippen LogP contribution in [-0.2, 0) is 36.2 Å². The Morgan fingerprint density at radius 3 is 2.92 bits per heavy atom. The van der Waals surface area contributed by atoms with E-state index in [4.69, 9.17) is 10.1 Å². The summed E-state index contributed by atoms with van der Waals surface area (Å²) in [6.07, 6.45) is 6.35. The molecule has 0 aromatic carbocycles. The first kappa shape index (κ1) is 17.2. The zero-order valence-corrected chi connectivity index (χ0v) is 15.7. The fraction of sp³-hybridized carbons (Fsp3) is 0.471. The number of carbonyl (C=O) groups is 1. The number of hydrogen-bond acceptors (Lipinski definition) is 4. The van der Waals surface area contributed by atoms with Gasteiger partial charge in [0.05, 0.1) is 5.69 Å². The van der Waals surface area contributed by atoms with Crippen molar-refractivity contribution < 1.29 is 9.00 Å². The molecule has 8 nitrogen and oxygen atoms in total. The molecule has 9 heteroatoms. The zero-order chi connectivity index (χ0) is 18.5. The van der Waals surface area contributed by atoms with E-state index >= 15 is 0 Å². The van der Waals surface area contributed by atoms with Crippen molar-refractivity contribution in [1.82, 2.24) is 14.8 Å². The first-order chi connectivity index (χ1) is 12.3. The molecule has 0 fully saturated rings.